The van der Waals surface area contributed by atoms with Crippen molar-refractivity contribution >= 4 is 35.1 Å². The maximum Gasteiger partial charge on any atom is 0.360 e. The molecule has 0 unspecified atom stereocenters. The minimum Gasteiger partial charge on any atom is -0.464 e. The van der Waals surface area contributed by atoms with Crippen LogP contribution in [-0.2, 0) is 32.2 Å². The predicted molar refractivity (Wildman–Crippen MR) is 113 cm³/mol. The molecule has 0 atom stereocenters. The number of methoxy groups -OCH3 is 1. The van der Waals surface area contributed by atoms with Crippen molar-refractivity contribution in [2.24, 2.45) is 10.3 Å². The van der Waals surface area contributed by atoms with Crippen LogP contribution in [0.1, 0.15) is 29.2 Å². The Morgan fingerprint density at radius 1 is 1.10 bits per heavy atom. The Morgan fingerprint density at radius 3 is 2.62 bits per heavy atom. The average Bonchev–Trinajstić information content (AvgIpc) is 3.18. The molecule has 0 amide bonds. The first-order chi connectivity index (χ1) is 14.0. The molecule has 0 fully saturated rings. The summed E-state index contributed by atoms with van der Waals surface area (Å²) in [7, 11) is 2.66. The number of rotatable bonds is 7. The van der Waals surface area contributed by atoms with Crippen LogP contribution in [-0.4, -0.2) is 31.6 Å². The Balaban J connectivity index is 1.74. The predicted octanol–water partition coefficient (Wildman–Crippen LogP) is 4.40. The van der Waals surface area contributed by atoms with Gasteiger partial charge in [-0.1, -0.05) is 58.3 Å². The van der Waals surface area contributed by atoms with Crippen molar-refractivity contribution in [1.82, 2.24) is 0 Å². The summed E-state index contributed by atoms with van der Waals surface area (Å²) in [6.07, 6.45) is 2.80. The van der Waals surface area contributed by atoms with Crippen molar-refractivity contribution < 1.29 is 19.2 Å². The van der Waals surface area contributed by atoms with Gasteiger partial charge in [0.2, 0.25) is 0 Å². The van der Waals surface area contributed by atoms with Gasteiger partial charge in [0.1, 0.15) is 13.7 Å². The molecule has 0 saturated carbocycles. The summed E-state index contributed by atoms with van der Waals surface area (Å²) < 4.78 is 4.79. The molecule has 0 heterocycles. The van der Waals surface area contributed by atoms with E-state index in [1.54, 1.807) is 12.1 Å². The molecular formula is C22H21ClN2O4. The molecule has 2 aromatic rings. The first-order valence-electron chi connectivity index (χ1n) is 8.97. The highest BCUT2D eigenvalue weighted by Gasteiger charge is 2.20. The van der Waals surface area contributed by atoms with Crippen molar-refractivity contribution in [3.8, 4) is 0 Å². The number of carbonyl (C=O) groups is 1. The standard InChI is InChI=1S/C22H21ClN2O4/c1-14(17-11-15-8-6-10-20(23)19(15)12-17)24-29-13-16-7-4-5-9-18(16)21(25-28-3)22(26)27-2/h4-10,12H,11,13H2,1-3H3/b24-14+,25-21+. The van der Waals surface area contributed by atoms with Gasteiger partial charge in [-0.25, -0.2) is 4.79 Å². The summed E-state index contributed by atoms with van der Waals surface area (Å²) in [6, 6.07) is 13.1. The van der Waals surface area contributed by atoms with Crippen LogP contribution in [0.2, 0.25) is 5.02 Å². The van der Waals surface area contributed by atoms with Crippen molar-refractivity contribution in [3.05, 3.63) is 75.3 Å². The Labute approximate surface area is 174 Å². The molecule has 6 nitrogen and oxygen atoms in total. The summed E-state index contributed by atoms with van der Waals surface area (Å²) in [5, 5.41) is 8.77. The topological polar surface area (TPSA) is 69.5 Å². The number of oxime groups is 2. The Bertz CT molecular complexity index is 1010. The number of nitrogens with zero attached hydrogens (tertiary/aromatic N) is 2. The van der Waals surface area contributed by atoms with Crippen LogP contribution in [0.3, 0.4) is 0 Å². The fourth-order valence-corrected chi connectivity index (χ4v) is 3.33. The van der Waals surface area contributed by atoms with Crippen LogP contribution >= 0.6 is 11.6 Å². The average molecular weight is 413 g/mol. The molecule has 2 aromatic carbocycles. The molecule has 0 aromatic heterocycles. The van der Waals surface area contributed by atoms with E-state index in [0.29, 0.717) is 5.56 Å². The van der Waals surface area contributed by atoms with E-state index in [0.717, 1.165) is 33.9 Å². The van der Waals surface area contributed by atoms with E-state index in [1.807, 2.05) is 37.3 Å². The van der Waals surface area contributed by atoms with Crippen molar-refractivity contribution in [2.45, 2.75) is 20.0 Å². The summed E-state index contributed by atoms with van der Waals surface area (Å²) >= 11 is 6.26. The number of fused-ring (bicyclic) bond motifs is 1. The zero-order valence-corrected chi connectivity index (χ0v) is 17.2. The van der Waals surface area contributed by atoms with Gasteiger partial charge >= 0.3 is 5.97 Å². The molecule has 7 heteroatoms. The summed E-state index contributed by atoms with van der Waals surface area (Å²) in [4.78, 5) is 22.4. The van der Waals surface area contributed by atoms with Gasteiger partial charge in [0.25, 0.3) is 0 Å². The van der Waals surface area contributed by atoms with E-state index in [9.17, 15) is 4.79 Å². The van der Waals surface area contributed by atoms with Crippen LogP contribution in [0, 0.1) is 0 Å². The number of carbonyl (C=O) groups excluding carboxylic acids is 1. The van der Waals surface area contributed by atoms with Gasteiger partial charge in [-0.3, -0.25) is 0 Å². The third-order valence-electron chi connectivity index (χ3n) is 4.56. The Hall–Kier alpha value is -3.12. The first-order valence-corrected chi connectivity index (χ1v) is 9.35. The maximum atomic E-state index is 12.0. The molecule has 0 aliphatic heterocycles. The summed E-state index contributed by atoms with van der Waals surface area (Å²) in [5.74, 6) is -0.593. The lowest BCUT2D eigenvalue weighted by atomic mass is 10.0. The number of benzene rings is 2. The molecule has 0 bridgehead atoms. The zero-order chi connectivity index (χ0) is 20.8. The molecule has 29 heavy (non-hydrogen) atoms. The normalized spacial score (nSPS) is 13.6. The van der Waals surface area contributed by atoms with Gasteiger partial charge < -0.3 is 14.4 Å². The molecule has 0 radical (unpaired) electrons. The first kappa shape index (κ1) is 20.6. The van der Waals surface area contributed by atoms with E-state index >= 15 is 0 Å². The van der Waals surface area contributed by atoms with Gasteiger partial charge in [0, 0.05) is 22.6 Å². The van der Waals surface area contributed by atoms with E-state index < -0.39 is 5.97 Å². The van der Waals surface area contributed by atoms with Crippen molar-refractivity contribution in [1.29, 1.82) is 0 Å². The fourth-order valence-electron chi connectivity index (χ4n) is 3.08. The second kappa shape index (κ2) is 9.39. The lowest BCUT2D eigenvalue weighted by Crippen LogP contribution is -2.19. The molecule has 1 aliphatic carbocycles. The lowest BCUT2D eigenvalue weighted by molar-refractivity contribution is -0.132. The maximum absolute atomic E-state index is 12.0. The van der Waals surface area contributed by atoms with Crippen LogP contribution < -0.4 is 0 Å². The number of halogens is 1. The molecule has 0 saturated heterocycles. The molecule has 0 N–H and O–H groups in total. The summed E-state index contributed by atoms with van der Waals surface area (Å²) in [6.45, 7) is 2.05. The van der Waals surface area contributed by atoms with Gasteiger partial charge in [-0.15, -0.1) is 0 Å². The van der Waals surface area contributed by atoms with E-state index in [1.165, 1.54) is 19.8 Å². The number of esters is 1. The van der Waals surface area contributed by atoms with E-state index in [4.69, 9.17) is 26.0 Å². The van der Waals surface area contributed by atoms with Crippen molar-refractivity contribution in [2.75, 3.05) is 14.2 Å². The largest absolute Gasteiger partial charge is 0.464 e. The number of hydrogen-bond acceptors (Lipinski definition) is 6. The Kier molecular flexibility index (Phi) is 6.67. The minimum atomic E-state index is -0.593. The molecular weight excluding hydrogens is 392 g/mol. The van der Waals surface area contributed by atoms with Crippen LogP contribution in [0.25, 0.3) is 6.08 Å². The highest BCUT2D eigenvalue weighted by molar-refractivity contribution is 6.43. The fraction of sp³-hybridized carbons (Fsp3) is 0.227. The summed E-state index contributed by atoms with van der Waals surface area (Å²) in [5.41, 5.74) is 5.39. The van der Waals surface area contributed by atoms with Crippen LogP contribution in [0.5, 0.6) is 0 Å². The highest BCUT2D eigenvalue weighted by atomic mass is 35.5. The molecule has 1 aliphatic rings. The second-order valence-electron chi connectivity index (χ2n) is 6.38. The third kappa shape index (κ3) is 4.66. The lowest BCUT2D eigenvalue weighted by Gasteiger charge is -2.10. The smallest absolute Gasteiger partial charge is 0.360 e. The third-order valence-corrected chi connectivity index (χ3v) is 4.89. The zero-order valence-electron chi connectivity index (χ0n) is 16.4. The highest BCUT2D eigenvalue weighted by Crippen LogP contribution is 2.31. The monoisotopic (exact) mass is 412 g/mol. The number of allylic oxidation sites excluding steroid dienone is 1. The van der Waals surface area contributed by atoms with Crippen LogP contribution in [0.4, 0.5) is 0 Å². The Morgan fingerprint density at radius 2 is 1.90 bits per heavy atom. The van der Waals surface area contributed by atoms with Crippen LogP contribution in [0.15, 0.2) is 58.3 Å². The molecule has 3 rings (SSSR count). The number of ether oxygens (including phenoxy) is 1. The van der Waals surface area contributed by atoms with Gasteiger partial charge in [0.05, 0.1) is 12.8 Å². The van der Waals surface area contributed by atoms with E-state index in [-0.39, 0.29) is 12.3 Å². The quantitative estimate of drug-likeness (QED) is 0.384. The van der Waals surface area contributed by atoms with Gasteiger partial charge in [-0.05, 0) is 35.8 Å². The van der Waals surface area contributed by atoms with E-state index in [2.05, 4.69) is 16.4 Å². The van der Waals surface area contributed by atoms with Crippen molar-refractivity contribution in [3.63, 3.8) is 0 Å². The SMILES string of the molecule is CO/N=C(/C(=O)OC)c1ccccc1CO/N=C(\C)C1=Cc2c(Cl)cccc2C1. The van der Waals surface area contributed by atoms with Gasteiger partial charge in [0.15, 0.2) is 5.71 Å². The number of hydrogen-bond donors (Lipinski definition) is 0. The van der Waals surface area contributed by atoms with Gasteiger partial charge in [-0.2, -0.15) is 0 Å². The second-order valence-corrected chi connectivity index (χ2v) is 6.79. The molecule has 150 valence electrons. The minimum absolute atomic E-state index is 0.0681. The molecule has 0 spiro atoms.